The first-order chi connectivity index (χ1) is 16.4. The number of nitrogens with one attached hydrogen (secondary N) is 1. The number of Topliss-reactive ketones (excluding diaryl/α,β-unsaturated/α-hetero) is 1. The summed E-state index contributed by atoms with van der Waals surface area (Å²) in [5.74, 6) is -0.0908. The number of hydrogen-bond donors (Lipinski definition) is 1. The molecule has 176 valence electrons. The van der Waals surface area contributed by atoms with Crippen molar-refractivity contribution in [1.82, 2.24) is 9.88 Å². The zero-order chi connectivity index (χ0) is 24.1. The lowest BCUT2D eigenvalue weighted by atomic mass is 10.1. The van der Waals surface area contributed by atoms with Crippen molar-refractivity contribution in [3.8, 4) is 0 Å². The second kappa shape index (κ2) is 10.8. The summed E-state index contributed by atoms with van der Waals surface area (Å²) < 4.78 is 0. The summed E-state index contributed by atoms with van der Waals surface area (Å²) in [6.07, 6.45) is 0.903. The molecule has 9 heteroatoms. The van der Waals surface area contributed by atoms with Gasteiger partial charge in [0.2, 0.25) is 5.91 Å². The van der Waals surface area contributed by atoms with Crippen LogP contribution >= 0.6 is 22.9 Å². The monoisotopic (exact) mass is 496 g/mol. The van der Waals surface area contributed by atoms with Gasteiger partial charge in [-0.2, -0.15) is 0 Å². The van der Waals surface area contributed by atoms with Gasteiger partial charge in [0.15, 0.2) is 10.9 Å². The molecule has 2 aromatic carbocycles. The fraction of sp³-hybridized carbons (Fsp3) is 0.280. The van der Waals surface area contributed by atoms with Crippen molar-refractivity contribution in [3.05, 3.63) is 75.8 Å². The Bertz CT molecular complexity index is 1170. The van der Waals surface area contributed by atoms with Crippen LogP contribution in [0.5, 0.6) is 0 Å². The van der Waals surface area contributed by atoms with E-state index in [-0.39, 0.29) is 17.6 Å². The smallest absolute Gasteiger partial charge is 0.257 e. The molecule has 0 atom stereocenters. The van der Waals surface area contributed by atoms with Crippen LogP contribution in [0.15, 0.2) is 53.9 Å². The van der Waals surface area contributed by atoms with Crippen molar-refractivity contribution < 1.29 is 14.4 Å². The Balaban J connectivity index is 1.23. The number of carbonyl (C=O) groups is 3. The van der Waals surface area contributed by atoms with E-state index in [0.29, 0.717) is 47.2 Å². The number of halogens is 1. The number of thiazole rings is 1. The Labute approximate surface area is 207 Å². The van der Waals surface area contributed by atoms with Crippen molar-refractivity contribution >= 4 is 51.4 Å². The van der Waals surface area contributed by atoms with E-state index in [9.17, 15) is 14.4 Å². The van der Waals surface area contributed by atoms with E-state index in [0.717, 1.165) is 24.5 Å². The molecule has 0 aliphatic carbocycles. The largest absolute Gasteiger partial charge is 0.368 e. The predicted molar refractivity (Wildman–Crippen MR) is 135 cm³/mol. The molecule has 0 unspecified atom stereocenters. The summed E-state index contributed by atoms with van der Waals surface area (Å²) in [6, 6.07) is 14.3. The fourth-order valence-electron chi connectivity index (χ4n) is 3.76. The van der Waals surface area contributed by atoms with Crippen molar-refractivity contribution in [2.24, 2.45) is 0 Å². The maximum atomic E-state index is 12.7. The number of benzene rings is 2. The molecule has 1 fully saturated rings. The van der Waals surface area contributed by atoms with Gasteiger partial charge in [-0.05, 0) is 61.9 Å². The minimum atomic E-state index is -0.248. The summed E-state index contributed by atoms with van der Waals surface area (Å²) in [7, 11) is 0. The fourth-order valence-corrected chi connectivity index (χ4v) is 4.63. The second-order valence-corrected chi connectivity index (χ2v) is 9.37. The molecule has 1 N–H and O–H groups in total. The molecular formula is C25H25ClN4O3S. The number of anilines is 2. The molecular weight excluding hydrogens is 472 g/mol. The zero-order valence-electron chi connectivity index (χ0n) is 18.8. The number of nitrogens with zero attached hydrogens (tertiary/aromatic N) is 3. The van der Waals surface area contributed by atoms with Crippen LogP contribution in [0.2, 0.25) is 5.02 Å². The van der Waals surface area contributed by atoms with Gasteiger partial charge in [-0.25, -0.2) is 4.98 Å². The quantitative estimate of drug-likeness (QED) is 0.486. The van der Waals surface area contributed by atoms with Crippen LogP contribution in [-0.2, 0) is 11.2 Å². The van der Waals surface area contributed by atoms with E-state index < -0.39 is 0 Å². The van der Waals surface area contributed by atoms with Crippen molar-refractivity contribution in [2.45, 2.75) is 19.8 Å². The molecule has 0 spiro atoms. The van der Waals surface area contributed by atoms with E-state index in [2.05, 4.69) is 15.2 Å². The molecule has 7 nitrogen and oxygen atoms in total. The van der Waals surface area contributed by atoms with Crippen LogP contribution in [-0.4, -0.2) is 53.7 Å². The van der Waals surface area contributed by atoms with Gasteiger partial charge in [-0.15, -0.1) is 11.3 Å². The number of piperazine rings is 1. The summed E-state index contributed by atoms with van der Waals surface area (Å²) >= 11 is 7.20. The highest BCUT2D eigenvalue weighted by molar-refractivity contribution is 7.14. The Morgan fingerprint density at radius 1 is 0.971 bits per heavy atom. The standard InChI is InChI=1S/C25H25ClN4O3S/c1-17(31)18-4-9-22(10-5-18)29-12-14-30(15-13-29)23(32)11-8-21-16-34-25(27-21)28-24(33)19-2-6-20(26)7-3-19/h2-7,9-10,16H,8,11-15H2,1H3,(H,27,28,33). The number of ketones is 1. The summed E-state index contributed by atoms with van der Waals surface area (Å²) in [6.45, 7) is 4.38. The maximum absolute atomic E-state index is 12.7. The Kier molecular flexibility index (Phi) is 7.59. The van der Waals surface area contributed by atoms with E-state index in [1.807, 2.05) is 34.5 Å². The first-order valence-corrected chi connectivity index (χ1v) is 12.3. The Hall–Kier alpha value is -3.23. The summed E-state index contributed by atoms with van der Waals surface area (Å²) in [4.78, 5) is 45.0. The average Bonchev–Trinajstić information content (AvgIpc) is 3.30. The number of hydrogen-bond acceptors (Lipinski definition) is 6. The zero-order valence-corrected chi connectivity index (χ0v) is 20.4. The second-order valence-electron chi connectivity index (χ2n) is 8.08. The summed E-state index contributed by atoms with van der Waals surface area (Å²) in [5.41, 5.74) is 3.05. The summed E-state index contributed by atoms with van der Waals surface area (Å²) in [5, 5.41) is 5.73. The van der Waals surface area contributed by atoms with Gasteiger partial charge < -0.3 is 9.80 Å². The minimum Gasteiger partial charge on any atom is -0.368 e. The van der Waals surface area contributed by atoms with Crippen LogP contribution in [0.25, 0.3) is 0 Å². The molecule has 1 saturated heterocycles. The van der Waals surface area contributed by atoms with Crippen LogP contribution in [0.3, 0.4) is 0 Å². The molecule has 1 aliphatic rings. The molecule has 1 aromatic heterocycles. The first-order valence-electron chi connectivity index (χ1n) is 11.0. The topological polar surface area (TPSA) is 82.6 Å². The van der Waals surface area contributed by atoms with Crippen LogP contribution in [0, 0.1) is 0 Å². The number of aryl methyl sites for hydroxylation is 1. The Morgan fingerprint density at radius 3 is 2.26 bits per heavy atom. The molecule has 0 saturated carbocycles. The highest BCUT2D eigenvalue weighted by Gasteiger charge is 2.21. The normalized spacial score (nSPS) is 13.6. The van der Waals surface area contributed by atoms with Gasteiger partial charge in [-0.3, -0.25) is 19.7 Å². The van der Waals surface area contributed by atoms with Gasteiger partial charge in [0.1, 0.15) is 0 Å². The van der Waals surface area contributed by atoms with E-state index in [1.165, 1.54) is 11.3 Å². The molecule has 34 heavy (non-hydrogen) atoms. The SMILES string of the molecule is CC(=O)c1ccc(N2CCN(C(=O)CCc3csc(NC(=O)c4ccc(Cl)cc4)n3)CC2)cc1. The van der Waals surface area contributed by atoms with Gasteiger partial charge in [0.05, 0.1) is 5.69 Å². The lowest BCUT2D eigenvalue weighted by Gasteiger charge is -2.36. The molecule has 4 rings (SSSR count). The van der Waals surface area contributed by atoms with Crippen molar-refractivity contribution in [3.63, 3.8) is 0 Å². The van der Waals surface area contributed by atoms with E-state index in [1.54, 1.807) is 31.2 Å². The lowest BCUT2D eigenvalue weighted by molar-refractivity contribution is -0.131. The molecule has 2 amide bonds. The van der Waals surface area contributed by atoms with Gasteiger partial charge in [-0.1, -0.05) is 11.6 Å². The molecule has 1 aliphatic heterocycles. The van der Waals surface area contributed by atoms with Gasteiger partial charge in [0.25, 0.3) is 5.91 Å². The number of carbonyl (C=O) groups excluding carboxylic acids is 3. The highest BCUT2D eigenvalue weighted by atomic mass is 35.5. The number of rotatable bonds is 7. The molecule has 0 bridgehead atoms. The van der Waals surface area contributed by atoms with Crippen molar-refractivity contribution in [2.75, 3.05) is 36.4 Å². The third kappa shape index (κ3) is 6.01. The number of aromatic nitrogens is 1. The highest BCUT2D eigenvalue weighted by Crippen LogP contribution is 2.20. The minimum absolute atomic E-state index is 0.0538. The third-order valence-electron chi connectivity index (χ3n) is 5.74. The average molecular weight is 497 g/mol. The van der Waals surface area contributed by atoms with Crippen molar-refractivity contribution in [1.29, 1.82) is 0 Å². The van der Waals surface area contributed by atoms with E-state index >= 15 is 0 Å². The lowest BCUT2D eigenvalue weighted by Crippen LogP contribution is -2.48. The van der Waals surface area contributed by atoms with Crippen LogP contribution < -0.4 is 10.2 Å². The predicted octanol–water partition coefficient (Wildman–Crippen LogP) is 4.53. The first kappa shape index (κ1) is 23.9. The van der Waals surface area contributed by atoms with E-state index in [4.69, 9.17) is 11.6 Å². The number of amides is 2. The molecule has 0 radical (unpaired) electrons. The molecule has 3 aromatic rings. The van der Waals surface area contributed by atoms with Gasteiger partial charge in [0, 0.05) is 59.8 Å². The van der Waals surface area contributed by atoms with Crippen LogP contribution in [0.1, 0.15) is 39.8 Å². The third-order valence-corrected chi connectivity index (χ3v) is 6.80. The van der Waals surface area contributed by atoms with Crippen LogP contribution in [0.4, 0.5) is 10.8 Å². The van der Waals surface area contributed by atoms with Gasteiger partial charge >= 0.3 is 0 Å². The maximum Gasteiger partial charge on any atom is 0.257 e. The Morgan fingerprint density at radius 2 is 1.62 bits per heavy atom. The molecule has 2 heterocycles.